The van der Waals surface area contributed by atoms with Crippen LogP contribution in [0.4, 0.5) is 0 Å². The van der Waals surface area contributed by atoms with Crippen LogP contribution < -0.4 is 5.73 Å². The Morgan fingerprint density at radius 3 is 2.94 bits per heavy atom. The largest absolute Gasteiger partial charge is 0.389 e. The summed E-state index contributed by atoms with van der Waals surface area (Å²) in [5.41, 5.74) is 5.81. The fraction of sp³-hybridized carbons (Fsp3) is 1.00. The molecule has 1 rings (SSSR count). The smallest absolute Gasteiger partial charge is 0.0900 e. The quantitative estimate of drug-likeness (QED) is 0.695. The number of likely N-dealkylation sites (tertiary alicyclic amines) is 1. The Kier molecular flexibility index (Phi) is 6.28. The number of ether oxygens (including phenoxy) is 1. The molecule has 3 unspecified atom stereocenters. The van der Waals surface area contributed by atoms with E-state index >= 15 is 0 Å². The highest BCUT2D eigenvalue weighted by Crippen LogP contribution is 2.22. The topological polar surface area (TPSA) is 58.7 Å². The summed E-state index contributed by atoms with van der Waals surface area (Å²) in [6.07, 6.45) is 2.07. The fourth-order valence-electron chi connectivity index (χ4n) is 2.52. The summed E-state index contributed by atoms with van der Waals surface area (Å²) >= 11 is 0. The van der Waals surface area contributed by atoms with Crippen LogP contribution in [0.1, 0.15) is 26.7 Å². The first kappa shape index (κ1) is 13.9. The van der Waals surface area contributed by atoms with Crippen molar-refractivity contribution in [3.63, 3.8) is 0 Å². The lowest BCUT2D eigenvalue weighted by Crippen LogP contribution is -2.51. The summed E-state index contributed by atoms with van der Waals surface area (Å²) in [6, 6.07) is 0.421. The Balaban J connectivity index is 2.38. The van der Waals surface area contributed by atoms with Crippen molar-refractivity contribution in [1.29, 1.82) is 0 Å². The van der Waals surface area contributed by atoms with Crippen molar-refractivity contribution in [2.24, 2.45) is 11.7 Å². The fourth-order valence-corrected chi connectivity index (χ4v) is 2.52. The molecule has 96 valence electrons. The predicted octanol–water partition coefficient (Wildman–Crippen LogP) is 0.443. The van der Waals surface area contributed by atoms with Crippen molar-refractivity contribution >= 4 is 0 Å². The lowest BCUT2D eigenvalue weighted by atomic mass is 9.90. The lowest BCUT2D eigenvalue weighted by Gasteiger charge is -2.40. The van der Waals surface area contributed by atoms with E-state index in [1.807, 2.05) is 6.92 Å². The Labute approximate surface area is 98.8 Å². The van der Waals surface area contributed by atoms with E-state index < -0.39 is 0 Å². The van der Waals surface area contributed by atoms with E-state index in [0.29, 0.717) is 38.3 Å². The highest BCUT2D eigenvalue weighted by molar-refractivity contribution is 4.83. The van der Waals surface area contributed by atoms with Gasteiger partial charge in [0.15, 0.2) is 0 Å². The van der Waals surface area contributed by atoms with E-state index in [0.717, 1.165) is 6.54 Å². The third-order valence-corrected chi connectivity index (χ3v) is 3.43. The summed E-state index contributed by atoms with van der Waals surface area (Å²) < 4.78 is 5.22. The normalized spacial score (nSPS) is 29.2. The molecule has 0 bridgehead atoms. The second-order valence-corrected chi connectivity index (χ2v) is 4.73. The molecule has 1 saturated heterocycles. The molecular weight excluding hydrogens is 204 g/mol. The zero-order valence-electron chi connectivity index (χ0n) is 10.6. The van der Waals surface area contributed by atoms with Gasteiger partial charge in [-0.2, -0.15) is 0 Å². The first-order valence-corrected chi connectivity index (χ1v) is 6.39. The van der Waals surface area contributed by atoms with Crippen LogP contribution in [-0.4, -0.2) is 55.0 Å². The van der Waals surface area contributed by atoms with Gasteiger partial charge in [-0.1, -0.05) is 6.92 Å². The van der Waals surface area contributed by atoms with Gasteiger partial charge in [-0.25, -0.2) is 0 Å². The molecule has 0 saturated carbocycles. The summed E-state index contributed by atoms with van der Waals surface area (Å²) in [6.45, 7) is 7.70. The predicted molar refractivity (Wildman–Crippen MR) is 65.3 cm³/mol. The maximum Gasteiger partial charge on any atom is 0.0900 e. The first-order chi connectivity index (χ1) is 7.69. The third-order valence-electron chi connectivity index (χ3n) is 3.43. The van der Waals surface area contributed by atoms with E-state index in [-0.39, 0.29) is 6.10 Å². The minimum absolute atomic E-state index is 0.390. The van der Waals surface area contributed by atoms with E-state index in [1.165, 1.54) is 12.8 Å². The van der Waals surface area contributed by atoms with Gasteiger partial charge in [0.25, 0.3) is 0 Å². The molecule has 4 nitrogen and oxygen atoms in total. The van der Waals surface area contributed by atoms with E-state index in [2.05, 4.69) is 11.8 Å². The van der Waals surface area contributed by atoms with Gasteiger partial charge >= 0.3 is 0 Å². The number of aliphatic hydroxyl groups is 1. The molecule has 1 heterocycles. The minimum atomic E-state index is -0.390. The van der Waals surface area contributed by atoms with Gasteiger partial charge in [0, 0.05) is 25.7 Å². The van der Waals surface area contributed by atoms with Crippen molar-refractivity contribution in [3.05, 3.63) is 0 Å². The SMILES string of the molecule is CCOCC(O)CN1CCCC(C)C1CN. The molecule has 3 atom stereocenters. The zero-order chi connectivity index (χ0) is 12.0. The monoisotopic (exact) mass is 230 g/mol. The third kappa shape index (κ3) is 4.01. The van der Waals surface area contributed by atoms with Gasteiger partial charge in [-0.05, 0) is 32.2 Å². The van der Waals surface area contributed by atoms with Crippen LogP contribution in [-0.2, 0) is 4.74 Å². The van der Waals surface area contributed by atoms with Crippen molar-refractivity contribution in [2.45, 2.75) is 38.8 Å². The van der Waals surface area contributed by atoms with Crippen molar-refractivity contribution < 1.29 is 9.84 Å². The summed E-state index contributed by atoms with van der Waals surface area (Å²) in [4.78, 5) is 2.32. The molecule has 0 aromatic carbocycles. The van der Waals surface area contributed by atoms with Crippen LogP contribution in [0.25, 0.3) is 0 Å². The van der Waals surface area contributed by atoms with Gasteiger partial charge < -0.3 is 15.6 Å². The molecule has 16 heavy (non-hydrogen) atoms. The highest BCUT2D eigenvalue weighted by atomic mass is 16.5. The van der Waals surface area contributed by atoms with Gasteiger partial charge in [0.05, 0.1) is 12.7 Å². The highest BCUT2D eigenvalue weighted by Gasteiger charge is 2.28. The van der Waals surface area contributed by atoms with Crippen molar-refractivity contribution in [2.75, 3.05) is 32.8 Å². The molecule has 0 spiro atoms. The Hall–Kier alpha value is -0.160. The lowest BCUT2D eigenvalue weighted by molar-refractivity contribution is -0.00189. The molecule has 0 amide bonds. The average Bonchev–Trinajstić information content (AvgIpc) is 2.27. The second kappa shape index (κ2) is 7.22. The van der Waals surface area contributed by atoms with Crippen LogP contribution in [0.5, 0.6) is 0 Å². The zero-order valence-corrected chi connectivity index (χ0v) is 10.6. The molecule has 0 aromatic heterocycles. The average molecular weight is 230 g/mol. The molecule has 1 aliphatic rings. The molecule has 0 aromatic rings. The van der Waals surface area contributed by atoms with Gasteiger partial charge in [-0.15, -0.1) is 0 Å². The number of nitrogens with two attached hydrogens (primary N) is 1. The first-order valence-electron chi connectivity index (χ1n) is 6.39. The number of rotatable bonds is 6. The van der Waals surface area contributed by atoms with Crippen LogP contribution in [0.2, 0.25) is 0 Å². The Morgan fingerprint density at radius 1 is 1.56 bits per heavy atom. The summed E-state index contributed by atoms with van der Waals surface area (Å²) in [7, 11) is 0. The minimum Gasteiger partial charge on any atom is -0.389 e. The molecular formula is C12H26N2O2. The van der Waals surface area contributed by atoms with Crippen molar-refractivity contribution in [3.8, 4) is 0 Å². The van der Waals surface area contributed by atoms with Crippen LogP contribution >= 0.6 is 0 Å². The van der Waals surface area contributed by atoms with E-state index in [1.54, 1.807) is 0 Å². The maximum atomic E-state index is 9.82. The summed E-state index contributed by atoms with van der Waals surface area (Å²) in [5, 5.41) is 9.82. The Morgan fingerprint density at radius 2 is 2.31 bits per heavy atom. The van der Waals surface area contributed by atoms with Crippen LogP contribution in [0.15, 0.2) is 0 Å². The van der Waals surface area contributed by atoms with Gasteiger partial charge in [-0.3, -0.25) is 4.90 Å². The van der Waals surface area contributed by atoms with Gasteiger partial charge in [0.2, 0.25) is 0 Å². The number of β-amino-alcohol motifs (C(OH)–C–C–N with tert-alkyl or cyclic N) is 1. The van der Waals surface area contributed by atoms with Gasteiger partial charge in [0.1, 0.15) is 0 Å². The maximum absolute atomic E-state index is 9.82. The van der Waals surface area contributed by atoms with E-state index in [4.69, 9.17) is 10.5 Å². The molecule has 0 radical (unpaired) electrons. The van der Waals surface area contributed by atoms with Crippen molar-refractivity contribution in [1.82, 2.24) is 4.90 Å². The standard InChI is InChI=1S/C12H26N2O2/c1-3-16-9-11(15)8-14-6-4-5-10(2)12(14)7-13/h10-12,15H,3-9,13H2,1-2H3. The number of piperidine rings is 1. The number of aliphatic hydroxyl groups excluding tert-OH is 1. The Bertz CT molecular complexity index is 190. The molecule has 4 heteroatoms. The molecule has 0 aliphatic carbocycles. The van der Waals surface area contributed by atoms with E-state index in [9.17, 15) is 5.11 Å². The number of hydrogen-bond donors (Lipinski definition) is 2. The number of nitrogens with zero attached hydrogens (tertiary/aromatic N) is 1. The van der Waals surface area contributed by atoms with Crippen LogP contribution in [0, 0.1) is 5.92 Å². The molecule has 3 N–H and O–H groups in total. The molecule has 1 aliphatic heterocycles. The summed E-state index contributed by atoms with van der Waals surface area (Å²) in [5.74, 6) is 0.637. The molecule has 1 fully saturated rings. The van der Waals surface area contributed by atoms with Crippen LogP contribution in [0.3, 0.4) is 0 Å². The second-order valence-electron chi connectivity index (χ2n) is 4.73. The number of hydrogen-bond acceptors (Lipinski definition) is 4.